The van der Waals surface area contributed by atoms with E-state index < -0.39 is 9.84 Å². The van der Waals surface area contributed by atoms with Crippen LogP contribution < -0.4 is 5.32 Å². The van der Waals surface area contributed by atoms with Crippen LogP contribution in [0.3, 0.4) is 0 Å². The molecular weight excluding hydrogens is 280 g/mol. The van der Waals surface area contributed by atoms with Crippen molar-refractivity contribution in [2.24, 2.45) is 0 Å². The standard InChI is InChI=1S/C9H11BrN2O2S/c1-6-8(10)2-3-9(11-6)12-7-4-15(13,14)5-7/h2-3,7H,4-5H2,1H3,(H,11,12). The van der Waals surface area contributed by atoms with Gasteiger partial charge in [-0.1, -0.05) is 0 Å². The molecule has 82 valence electrons. The van der Waals surface area contributed by atoms with Gasteiger partial charge in [0.05, 0.1) is 23.2 Å². The Morgan fingerprint density at radius 1 is 1.47 bits per heavy atom. The number of hydrogen-bond donors (Lipinski definition) is 1. The van der Waals surface area contributed by atoms with Crippen molar-refractivity contribution in [1.82, 2.24) is 4.98 Å². The number of anilines is 1. The summed E-state index contributed by atoms with van der Waals surface area (Å²) >= 11 is 3.36. The molecule has 0 amide bonds. The van der Waals surface area contributed by atoms with Crippen LogP contribution in [0.5, 0.6) is 0 Å². The summed E-state index contributed by atoms with van der Waals surface area (Å²) in [7, 11) is -2.77. The van der Waals surface area contributed by atoms with E-state index in [1.807, 2.05) is 19.1 Å². The molecule has 6 heteroatoms. The normalized spacial score (nSPS) is 19.6. The highest BCUT2D eigenvalue weighted by atomic mass is 79.9. The summed E-state index contributed by atoms with van der Waals surface area (Å²) in [6.45, 7) is 1.90. The van der Waals surface area contributed by atoms with Crippen LogP contribution in [0.2, 0.25) is 0 Å². The van der Waals surface area contributed by atoms with E-state index >= 15 is 0 Å². The fraction of sp³-hybridized carbons (Fsp3) is 0.444. The Balaban J connectivity index is 2.04. The summed E-state index contributed by atoms with van der Waals surface area (Å²) in [4.78, 5) is 4.29. The number of rotatable bonds is 2. The summed E-state index contributed by atoms with van der Waals surface area (Å²) < 4.78 is 22.8. The zero-order chi connectivity index (χ0) is 11.1. The van der Waals surface area contributed by atoms with Crippen LogP contribution in [-0.4, -0.2) is 30.9 Å². The van der Waals surface area contributed by atoms with Gasteiger partial charge in [-0.25, -0.2) is 13.4 Å². The van der Waals surface area contributed by atoms with E-state index in [4.69, 9.17) is 0 Å². The quantitative estimate of drug-likeness (QED) is 0.894. The SMILES string of the molecule is Cc1nc(NC2CS(=O)(=O)C2)ccc1Br. The predicted molar refractivity (Wildman–Crippen MR) is 62.7 cm³/mol. The second kappa shape index (κ2) is 3.75. The van der Waals surface area contributed by atoms with Gasteiger partial charge >= 0.3 is 0 Å². The average molecular weight is 291 g/mol. The molecule has 0 saturated carbocycles. The fourth-order valence-corrected chi connectivity index (χ4v) is 3.00. The lowest BCUT2D eigenvalue weighted by atomic mass is 10.3. The zero-order valence-corrected chi connectivity index (χ0v) is 10.6. The average Bonchev–Trinajstić information content (AvgIpc) is 2.08. The van der Waals surface area contributed by atoms with Gasteiger partial charge in [0.2, 0.25) is 0 Å². The first-order valence-electron chi connectivity index (χ1n) is 4.56. The lowest BCUT2D eigenvalue weighted by Gasteiger charge is -2.27. The molecule has 15 heavy (non-hydrogen) atoms. The monoisotopic (exact) mass is 290 g/mol. The maximum atomic E-state index is 10.9. The summed E-state index contributed by atoms with van der Waals surface area (Å²) in [5.74, 6) is 1.16. The molecule has 0 bridgehead atoms. The minimum absolute atomic E-state index is 0.0167. The summed E-state index contributed by atoms with van der Waals surface area (Å²) in [6.07, 6.45) is 0. The van der Waals surface area contributed by atoms with Crippen molar-refractivity contribution in [3.8, 4) is 0 Å². The Bertz CT molecular complexity index is 475. The van der Waals surface area contributed by atoms with Gasteiger partial charge in [0, 0.05) is 4.47 Å². The smallest absolute Gasteiger partial charge is 0.154 e. The van der Waals surface area contributed by atoms with Crippen molar-refractivity contribution in [3.05, 3.63) is 22.3 Å². The lowest BCUT2D eigenvalue weighted by Crippen LogP contribution is -2.46. The Morgan fingerprint density at radius 2 is 2.13 bits per heavy atom. The fourth-order valence-electron chi connectivity index (χ4n) is 1.48. The summed E-state index contributed by atoms with van der Waals surface area (Å²) in [5.41, 5.74) is 0.891. The van der Waals surface area contributed by atoms with Crippen LogP contribution >= 0.6 is 15.9 Å². The van der Waals surface area contributed by atoms with Crippen LogP contribution in [-0.2, 0) is 9.84 Å². The van der Waals surface area contributed by atoms with Crippen molar-refractivity contribution in [2.75, 3.05) is 16.8 Å². The third-order valence-electron chi connectivity index (χ3n) is 2.28. The van der Waals surface area contributed by atoms with Crippen LogP contribution in [0.1, 0.15) is 5.69 Å². The highest BCUT2D eigenvalue weighted by molar-refractivity contribution is 9.10. The van der Waals surface area contributed by atoms with Gasteiger partial charge in [-0.3, -0.25) is 0 Å². The van der Waals surface area contributed by atoms with Crippen LogP contribution in [0.15, 0.2) is 16.6 Å². The van der Waals surface area contributed by atoms with Crippen molar-refractivity contribution in [3.63, 3.8) is 0 Å². The first-order chi connectivity index (χ1) is 6.96. The van der Waals surface area contributed by atoms with Gasteiger partial charge in [0.25, 0.3) is 0 Å². The van der Waals surface area contributed by atoms with Gasteiger partial charge in [0.15, 0.2) is 9.84 Å². The molecule has 1 saturated heterocycles. The lowest BCUT2D eigenvalue weighted by molar-refractivity contribution is 0.570. The number of halogens is 1. The van der Waals surface area contributed by atoms with E-state index in [0.29, 0.717) is 0 Å². The van der Waals surface area contributed by atoms with Gasteiger partial charge in [-0.15, -0.1) is 0 Å². The van der Waals surface area contributed by atoms with E-state index in [-0.39, 0.29) is 17.5 Å². The molecule has 2 rings (SSSR count). The maximum absolute atomic E-state index is 10.9. The summed E-state index contributed by atoms with van der Waals surface area (Å²) in [6, 6.07) is 3.75. The molecule has 0 aliphatic carbocycles. The van der Waals surface area contributed by atoms with Crippen molar-refractivity contribution in [2.45, 2.75) is 13.0 Å². The topological polar surface area (TPSA) is 59.1 Å². The number of aromatic nitrogens is 1. The molecular formula is C9H11BrN2O2S. The van der Waals surface area contributed by atoms with Crippen LogP contribution in [0.4, 0.5) is 5.82 Å². The molecule has 0 radical (unpaired) electrons. The third kappa shape index (κ3) is 2.49. The van der Waals surface area contributed by atoms with Gasteiger partial charge in [0.1, 0.15) is 5.82 Å². The molecule has 1 aromatic rings. The molecule has 1 fully saturated rings. The molecule has 0 aromatic carbocycles. The van der Waals surface area contributed by atoms with Crippen LogP contribution in [0, 0.1) is 6.92 Å². The zero-order valence-electron chi connectivity index (χ0n) is 8.20. The maximum Gasteiger partial charge on any atom is 0.154 e. The Labute approximate surface area is 97.1 Å². The van der Waals surface area contributed by atoms with Crippen molar-refractivity contribution in [1.29, 1.82) is 0 Å². The van der Waals surface area contributed by atoms with E-state index in [1.54, 1.807) is 0 Å². The van der Waals surface area contributed by atoms with Gasteiger partial charge < -0.3 is 5.32 Å². The molecule has 0 spiro atoms. The van der Waals surface area contributed by atoms with E-state index in [0.717, 1.165) is 16.0 Å². The van der Waals surface area contributed by atoms with E-state index in [9.17, 15) is 8.42 Å². The molecule has 0 unspecified atom stereocenters. The number of nitrogens with zero attached hydrogens (tertiary/aromatic N) is 1. The molecule has 2 heterocycles. The Morgan fingerprint density at radius 3 is 2.67 bits per heavy atom. The molecule has 1 aliphatic heterocycles. The highest BCUT2D eigenvalue weighted by Gasteiger charge is 2.33. The van der Waals surface area contributed by atoms with E-state index in [1.165, 1.54) is 0 Å². The molecule has 0 atom stereocenters. The minimum Gasteiger partial charge on any atom is -0.365 e. The highest BCUT2D eigenvalue weighted by Crippen LogP contribution is 2.19. The first-order valence-corrected chi connectivity index (χ1v) is 7.18. The number of nitrogens with one attached hydrogen (secondary N) is 1. The van der Waals surface area contributed by atoms with Gasteiger partial charge in [-0.2, -0.15) is 0 Å². The molecule has 1 N–H and O–H groups in total. The number of aryl methyl sites for hydroxylation is 1. The number of pyridine rings is 1. The van der Waals surface area contributed by atoms with Gasteiger partial charge in [-0.05, 0) is 35.0 Å². The van der Waals surface area contributed by atoms with Crippen LogP contribution in [0.25, 0.3) is 0 Å². The van der Waals surface area contributed by atoms with Crippen molar-refractivity contribution >= 4 is 31.6 Å². The minimum atomic E-state index is -2.77. The van der Waals surface area contributed by atoms with E-state index in [2.05, 4.69) is 26.2 Å². The largest absolute Gasteiger partial charge is 0.365 e. The second-order valence-electron chi connectivity index (χ2n) is 3.68. The Hall–Kier alpha value is -0.620. The second-order valence-corrected chi connectivity index (χ2v) is 6.69. The summed E-state index contributed by atoms with van der Waals surface area (Å²) in [5, 5.41) is 3.09. The van der Waals surface area contributed by atoms with Crippen molar-refractivity contribution < 1.29 is 8.42 Å². The number of sulfone groups is 1. The molecule has 1 aromatic heterocycles. The Kier molecular flexibility index (Phi) is 2.72. The molecule has 4 nitrogen and oxygen atoms in total. The third-order valence-corrected chi connectivity index (χ3v) is 4.94. The number of hydrogen-bond acceptors (Lipinski definition) is 4. The first kappa shape index (κ1) is 10.9. The predicted octanol–water partition coefficient (Wildman–Crippen LogP) is 1.36. The molecule has 1 aliphatic rings.